The molecule has 224 valence electrons. The molecular formula is C29H31F4N5O3S. The van der Waals surface area contributed by atoms with E-state index in [1.807, 2.05) is 6.92 Å². The molecule has 1 amide bonds. The minimum Gasteiger partial charge on any atom is -0.333 e. The molecule has 1 heterocycles. The molecule has 42 heavy (non-hydrogen) atoms. The van der Waals surface area contributed by atoms with E-state index in [1.165, 1.54) is 18.0 Å². The molecule has 0 spiro atoms. The molecule has 1 atom stereocenters. The summed E-state index contributed by atoms with van der Waals surface area (Å²) in [5.41, 5.74) is 1.33. The first-order valence-corrected chi connectivity index (χ1v) is 14.9. The van der Waals surface area contributed by atoms with Crippen molar-refractivity contribution in [3.8, 4) is 17.3 Å². The summed E-state index contributed by atoms with van der Waals surface area (Å²) in [5, 5.41) is 16.7. The lowest BCUT2D eigenvalue weighted by atomic mass is 9.98. The number of amides is 1. The van der Waals surface area contributed by atoms with Crippen LogP contribution in [0.4, 0.5) is 17.6 Å². The van der Waals surface area contributed by atoms with Gasteiger partial charge in [-0.25, -0.2) is 17.8 Å². The second-order valence-corrected chi connectivity index (χ2v) is 12.3. The van der Waals surface area contributed by atoms with Gasteiger partial charge in [0.1, 0.15) is 5.82 Å². The van der Waals surface area contributed by atoms with Gasteiger partial charge >= 0.3 is 6.18 Å². The van der Waals surface area contributed by atoms with Crippen molar-refractivity contribution in [1.29, 1.82) is 10.7 Å². The normalized spacial score (nSPS) is 12.5. The fourth-order valence-electron chi connectivity index (χ4n) is 4.61. The number of nitrogens with zero attached hydrogens (tertiary/aromatic N) is 4. The van der Waals surface area contributed by atoms with Crippen LogP contribution < -0.4 is 0 Å². The topological polar surface area (TPSA) is 120 Å². The van der Waals surface area contributed by atoms with Gasteiger partial charge < -0.3 is 14.9 Å². The summed E-state index contributed by atoms with van der Waals surface area (Å²) in [4.78, 5) is 19.4. The highest BCUT2D eigenvalue weighted by Gasteiger charge is 2.35. The van der Waals surface area contributed by atoms with Crippen LogP contribution in [0.5, 0.6) is 0 Å². The Kier molecular flexibility index (Phi) is 10.3. The molecule has 1 unspecified atom stereocenters. The minimum absolute atomic E-state index is 0.0797. The van der Waals surface area contributed by atoms with Crippen molar-refractivity contribution in [2.45, 2.75) is 52.4 Å². The largest absolute Gasteiger partial charge is 0.419 e. The van der Waals surface area contributed by atoms with E-state index >= 15 is 0 Å². The molecule has 0 aliphatic heterocycles. The van der Waals surface area contributed by atoms with E-state index in [4.69, 9.17) is 5.41 Å². The summed E-state index contributed by atoms with van der Waals surface area (Å²) in [7, 11) is -3.53. The van der Waals surface area contributed by atoms with Crippen molar-refractivity contribution in [3.63, 3.8) is 0 Å². The second-order valence-electron chi connectivity index (χ2n) is 9.79. The SMILES string of the molecule is CCS(=O)(=O)CCN(C(=O)Cc1ccc(F)c(C(F)(F)F)c1)C(C)c1ncn(CCC=N)c1-c1ccc(C#N)cc1C. The highest BCUT2D eigenvalue weighted by molar-refractivity contribution is 7.91. The number of aromatic nitrogens is 2. The molecule has 8 nitrogen and oxygen atoms in total. The van der Waals surface area contributed by atoms with E-state index in [9.17, 15) is 36.0 Å². The van der Waals surface area contributed by atoms with Gasteiger partial charge in [-0.3, -0.25) is 4.79 Å². The zero-order valence-electron chi connectivity index (χ0n) is 23.4. The first kappa shape index (κ1) is 32.5. The molecule has 0 saturated heterocycles. The van der Waals surface area contributed by atoms with Crippen molar-refractivity contribution in [2.75, 3.05) is 18.1 Å². The number of hydrogen-bond acceptors (Lipinski definition) is 6. The Morgan fingerprint density at radius 2 is 1.95 bits per heavy atom. The van der Waals surface area contributed by atoms with Crippen molar-refractivity contribution in [3.05, 3.63) is 76.5 Å². The van der Waals surface area contributed by atoms with Gasteiger partial charge in [-0.05, 0) is 55.5 Å². The van der Waals surface area contributed by atoms with E-state index in [1.54, 1.807) is 36.0 Å². The fourth-order valence-corrected chi connectivity index (χ4v) is 5.37. The number of sulfone groups is 1. The predicted molar refractivity (Wildman–Crippen MR) is 150 cm³/mol. The maximum atomic E-state index is 13.9. The summed E-state index contributed by atoms with van der Waals surface area (Å²) < 4.78 is 80.3. The Hall–Kier alpha value is -4.05. The van der Waals surface area contributed by atoms with Gasteiger partial charge in [-0.1, -0.05) is 19.1 Å². The van der Waals surface area contributed by atoms with Crippen molar-refractivity contribution in [1.82, 2.24) is 14.5 Å². The van der Waals surface area contributed by atoms with Gasteiger partial charge in [0.15, 0.2) is 9.84 Å². The highest BCUT2D eigenvalue weighted by Crippen LogP contribution is 2.35. The molecule has 13 heteroatoms. The number of imidazole rings is 1. The lowest BCUT2D eigenvalue weighted by molar-refractivity contribution is -0.140. The fraction of sp³-hybridized carbons (Fsp3) is 0.379. The standard InChI is InChI=1S/C29H31F4N5O3S/c1-4-42(40,41)13-12-38(26(39)16-21-7-9-25(30)24(15-21)29(31,32)33)20(3)27-28(37(18-36-27)11-5-10-34)23-8-6-22(17-35)14-19(23)2/h6-10,14-15,18,20,34H,4-5,11-13,16H2,1-3H3. The molecule has 1 N–H and O–H groups in total. The van der Waals surface area contributed by atoms with Gasteiger partial charge in [-0.15, -0.1) is 0 Å². The molecule has 2 aromatic carbocycles. The second kappa shape index (κ2) is 13.3. The van der Waals surface area contributed by atoms with E-state index in [-0.39, 0.29) is 23.6 Å². The Morgan fingerprint density at radius 3 is 2.55 bits per heavy atom. The van der Waals surface area contributed by atoms with E-state index < -0.39 is 45.8 Å². The minimum atomic E-state index is -4.96. The number of halogens is 4. The van der Waals surface area contributed by atoms with Gasteiger partial charge in [0.2, 0.25) is 5.91 Å². The van der Waals surface area contributed by atoms with E-state index in [0.29, 0.717) is 47.6 Å². The van der Waals surface area contributed by atoms with Crippen LogP contribution in [0.1, 0.15) is 54.3 Å². The number of benzene rings is 2. The molecule has 0 bridgehead atoms. The van der Waals surface area contributed by atoms with Crippen LogP contribution in [0.25, 0.3) is 11.3 Å². The average molecular weight is 606 g/mol. The number of carbonyl (C=O) groups is 1. The zero-order valence-corrected chi connectivity index (χ0v) is 24.2. The Bertz CT molecular complexity index is 1610. The number of rotatable bonds is 12. The maximum absolute atomic E-state index is 13.9. The number of carbonyl (C=O) groups excluding carboxylic acids is 1. The molecule has 0 aliphatic carbocycles. The molecule has 3 aromatic rings. The van der Waals surface area contributed by atoms with Gasteiger partial charge in [-0.2, -0.15) is 18.4 Å². The summed E-state index contributed by atoms with van der Waals surface area (Å²) in [6.07, 6.45) is -2.32. The lowest BCUT2D eigenvalue weighted by Crippen LogP contribution is -2.39. The Balaban J connectivity index is 2.09. The summed E-state index contributed by atoms with van der Waals surface area (Å²) in [6.45, 7) is 5.06. The van der Waals surface area contributed by atoms with Crippen molar-refractivity contribution < 1.29 is 30.8 Å². The van der Waals surface area contributed by atoms with Crippen LogP contribution >= 0.6 is 0 Å². The van der Waals surface area contributed by atoms with Crippen LogP contribution in [0.15, 0.2) is 42.7 Å². The Morgan fingerprint density at radius 1 is 1.24 bits per heavy atom. The van der Waals surface area contributed by atoms with E-state index in [2.05, 4.69) is 11.1 Å². The average Bonchev–Trinajstić information content (AvgIpc) is 3.35. The van der Waals surface area contributed by atoms with Crippen molar-refractivity contribution in [2.24, 2.45) is 0 Å². The third-order valence-electron chi connectivity index (χ3n) is 6.95. The zero-order chi connectivity index (χ0) is 31.2. The van der Waals surface area contributed by atoms with Crippen LogP contribution in [0, 0.1) is 29.5 Å². The van der Waals surface area contributed by atoms with Gasteiger partial charge in [0.05, 0.1) is 53.1 Å². The molecule has 0 saturated carbocycles. The van der Waals surface area contributed by atoms with Crippen LogP contribution in [-0.4, -0.2) is 53.0 Å². The number of hydrogen-bond donors (Lipinski definition) is 1. The predicted octanol–water partition coefficient (Wildman–Crippen LogP) is 5.49. The third kappa shape index (κ3) is 7.61. The quantitative estimate of drug-likeness (QED) is 0.216. The summed E-state index contributed by atoms with van der Waals surface area (Å²) in [5.74, 6) is -2.67. The highest BCUT2D eigenvalue weighted by atomic mass is 32.2. The van der Waals surface area contributed by atoms with Crippen molar-refractivity contribution >= 4 is 22.0 Å². The van der Waals surface area contributed by atoms with Gasteiger partial charge in [0, 0.05) is 30.8 Å². The summed E-state index contributed by atoms with van der Waals surface area (Å²) >= 11 is 0. The number of nitrogens with one attached hydrogen (secondary N) is 1. The number of alkyl halides is 3. The molecule has 0 aliphatic rings. The van der Waals surface area contributed by atoms with Crippen LogP contribution in [0.3, 0.4) is 0 Å². The third-order valence-corrected chi connectivity index (χ3v) is 8.63. The monoisotopic (exact) mass is 605 g/mol. The number of aryl methyl sites for hydroxylation is 2. The molecule has 3 rings (SSSR count). The van der Waals surface area contributed by atoms with Crippen LogP contribution in [-0.2, 0) is 33.8 Å². The number of nitriles is 1. The van der Waals surface area contributed by atoms with E-state index in [0.717, 1.165) is 11.6 Å². The summed E-state index contributed by atoms with van der Waals surface area (Å²) in [6, 6.07) is 8.65. The van der Waals surface area contributed by atoms with Gasteiger partial charge in [0.25, 0.3) is 0 Å². The maximum Gasteiger partial charge on any atom is 0.419 e. The lowest BCUT2D eigenvalue weighted by Gasteiger charge is -2.30. The molecule has 0 radical (unpaired) electrons. The molecule has 1 aromatic heterocycles. The Labute approximate surface area is 242 Å². The molecule has 0 fully saturated rings. The first-order chi connectivity index (χ1) is 19.7. The smallest absolute Gasteiger partial charge is 0.333 e. The first-order valence-electron chi connectivity index (χ1n) is 13.1. The van der Waals surface area contributed by atoms with Crippen LogP contribution in [0.2, 0.25) is 0 Å². The molecular weight excluding hydrogens is 574 g/mol.